The number of sulfonamides is 1. The normalized spacial score (nSPS) is 19.8. The summed E-state index contributed by atoms with van der Waals surface area (Å²) in [6.07, 6.45) is -0.335. The van der Waals surface area contributed by atoms with Gasteiger partial charge in [-0.1, -0.05) is 0 Å². The highest BCUT2D eigenvalue weighted by Gasteiger charge is 2.32. The first-order valence-electron chi connectivity index (χ1n) is 10.3. The molecule has 1 saturated heterocycles. The molecular formula is C23H26N2O6S. The van der Waals surface area contributed by atoms with Gasteiger partial charge in [0.25, 0.3) is 5.91 Å². The van der Waals surface area contributed by atoms with Gasteiger partial charge in [-0.2, -0.15) is 4.31 Å². The smallest absolute Gasteiger partial charge is 0.291 e. The highest BCUT2D eigenvalue weighted by Crippen LogP contribution is 2.29. The van der Waals surface area contributed by atoms with Crippen molar-refractivity contribution >= 4 is 32.6 Å². The van der Waals surface area contributed by atoms with Gasteiger partial charge >= 0.3 is 0 Å². The molecule has 1 fully saturated rings. The molecule has 4 rings (SSSR count). The van der Waals surface area contributed by atoms with E-state index in [-0.39, 0.29) is 22.9 Å². The number of rotatable bonds is 5. The zero-order valence-corrected chi connectivity index (χ0v) is 19.2. The largest absolute Gasteiger partial charge is 0.497 e. The molecule has 1 aliphatic rings. The van der Waals surface area contributed by atoms with Gasteiger partial charge in [-0.15, -0.1) is 0 Å². The van der Waals surface area contributed by atoms with Crippen molar-refractivity contribution in [2.75, 3.05) is 25.5 Å². The van der Waals surface area contributed by atoms with Crippen molar-refractivity contribution < 1.29 is 27.1 Å². The number of hydrogen-bond acceptors (Lipinski definition) is 6. The molecule has 9 heteroatoms. The number of methoxy groups -OCH3 is 1. The highest BCUT2D eigenvalue weighted by atomic mass is 32.2. The number of hydrogen-bond donors (Lipinski definition) is 1. The molecule has 2 atom stereocenters. The lowest BCUT2D eigenvalue weighted by Crippen LogP contribution is -2.48. The van der Waals surface area contributed by atoms with Crippen LogP contribution in [0.5, 0.6) is 5.75 Å². The summed E-state index contributed by atoms with van der Waals surface area (Å²) in [7, 11) is -2.07. The minimum absolute atomic E-state index is 0.167. The Morgan fingerprint density at radius 3 is 2.38 bits per heavy atom. The number of carbonyl (C=O) groups excluding carboxylic acids is 1. The number of benzene rings is 2. The summed E-state index contributed by atoms with van der Waals surface area (Å²) in [4.78, 5) is 13.0. The van der Waals surface area contributed by atoms with Gasteiger partial charge in [0.2, 0.25) is 10.0 Å². The molecule has 0 saturated carbocycles. The topological polar surface area (TPSA) is 98.1 Å². The summed E-state index contributed by atoms with van der Waals surface area (Å²) in [5.74, 6) is 0.458. The SMILES string of the molecule is COc1ccc2oc(C(=O)Nc3ccc(S(=O)(=O)N4C[C@H](C)O[C@@H](C)C4)cc3)c(C)c2c1. The molecule has 8 nitrogen and oxygen atoms in total. The summed E-state index contributed by atoms with van der Waals surface area (Å²) in [5.41, 5.74) is 1.75. The van der Waals surface area contributed by atoms with E-state index in [9.17, 15) is 13.2 Å². The van der Waals surface area contributed by atoms with Gasteiger partial charge in [0.15, 0.2) is 5.76 Å². The predicted octanol–water partition coefficient (Wildman–Crippen LogP) is 3.80. The Morgan fingerprint density at radius 1 is 1.09 bits per heavy atom. The van der Waals surface area contributed by atoms with Crippen LogP contribution in [0.15, 0.2) is 51.8 Å². The van der Waals surface area contributed by atoms with E-state index in [1.165, 1.54) is 16.4 Å². The third-order valence-electron chi connectivity index (χ3n) is 5.49. The Kier molecular flexibility index (Phi) is 5.98. The van der Waals surface area contributed by atoms with Crippen molar-refractivity contribution in [3.05, 3.63) is 53.8 Å². The van der Waals surface area contributed by atoms with Gasteiger partial charge in [0.1, 0.15) is 11.3 Å². The summed E-state index contributed by atoms with van der Waals surface area (Å²) in [6.45, 7) is 6.13. The van der Waals surface area contributed by atoms with E-state index >= 15 is 0 Å². The van der Waals surface area contributed by atoms with Crippen molar-refractivity contribution in [1.82, 2.24) is 4.31 Å². The van der Waals surface area contributed by atoms with Gasteiger partial charge in [-0.25, -0.2) is 8.42 Å². The van der Waals surface area contributed by atoms with Crippen LogP contribution < -0.4 is 10.1 Å². The molecule has 0 radical (unpaired) electrons. The minimum atomic E-state index is -3.65. The van der Waals surface area contributed by atoms with Crippen LogP contribution in [0.25, 0.3) is 11.0 Å². The summed E-state index contributed by atoms with van der Waals surface area (Å²) < 4.78 is 44.0. The Morgan fingerprint density at radius 2 is 1.75 bits per heavy atom. The lowest BCUT2D eigenvalue weighted by molar-refractivity contribution is -0.0440. The van der Waals surface area contributed by atoms with E-state index in [0.29, 0.717) is 35.7 Å². The molecule has 0 unspecified atom stereocenters. The van der Waals surface area contributed by atoms with Gasteiger partial charge < -0.3 is 19.2 Å². The summed E-state index contributed by atoms with van der Waals surface area (Å²) in [5, 5.41) is 3.56. The molecule has 1 amide bonds. The second-order valence-electron chi connectivity index (χ2n) is 7.98. The fraction of sp³-hybridized carbons (Fsp3) is 0.348. The van der Waals surface area contributed by atoms with Crippen molar-refractivity contribution in [1.29, 1.82) is 0 Å². The number of furan rings is 1. The molecule has 1 N–H and O–H groups in total. The quantitative estimate of drug-likeness (QED) is 0.625. The third kappa shape index (κ3) is 4.23. The second-order valence-corrected chi connectivity index (χ2v) is 9.91. The maximum atomic E-state index is 13.0. The number of aryl methyl sites for hydroxylation is 1. The fourth-order valence-corrected chi connectivity index (χ4v) is 5.51. The van der Waals surface area contributed by atoms with Gasteiger partial charge in [-0.05, 0) is 63.2 Å². The van der Waals surface area contributed by atoms with Crippen molar-refractivity contribution in [3.8, 4) is 5.75 Å². The van der Waals surface area contributed by atoms with Gasteiger partial charge in [0.05, 0.1) is 24.2 Å². The predicted molar refractivity (Wildman–Crippen MR) is 121 cm³/mol. The highest BCUT2D eigenvalue weighted by molar-refractivity contribution is 7.89. The molecule has 0 bridgehead atoms. The maximum absolute atomic E-state index is 13.0. The Balaban J connectivity index is 1.52. The van der Waals surface area contributed by atoms with Crippen LogP contribution in [0.1, 0.15) is 30.0 Å². The average molecular weight is 459 g/mol. The molecule has 3 aromatic rings. The van der Waals surface area contributed by atoms with Crippen LogP contribution in [0.3, 0.4) is 0 Å². The van der Waals surface area contributed by atoms with Crippen LogP contribution in [0.2, 0.25) is 0 Å². The molecule has 2 heterocycles. The van der Waals surface area contributed by atoms with Crippen LogP contribution in [-0.2, 0) is 14.8 Å². The van der Waals surface area contributed by atoms with Crippen molar-refractivity contribution in [2.24, 2.45) is 0 Å². The monoisotopic (exact) mass is 458 g/mol. The van der Waals surface area contributed by atoms with E-state index in [2.05, 4.69) is 5.32 Å². The number of carbonyl (C=O) groups is 1. The molecule has 1 aromatic heterocycles. The first-order chi connectivity index (χ1) is 15.2. The average Bonchev–Trinajstić information content (AvgIpc) is 3.09. The first-order valence-corrected chi connectivity index (χ1v) is 11.8. The Labute approximate surface area is 187 Å². The molecular weight excluding hydrogens is 432 g/mol. The zero-order valence-electron chi connectivity index (χ0n) is 18.4. The Hall–Kier alpha value is -2.88. The van der Waals surface area contributed by atoms with E-state index in [1.54, 1.807) is 38.3 Å². The van der Waals surface area contributed by atoms with E-state index in [0.717, 1.165) is 5.39 Å². The molecule has 32 heavy (non-hydrogen) atoms. The number of fused-ring (bicyclic) bond motifs is 1. The number of nitrogens with zero attached hydrogens (tertiary/aromatic N) is 1. The molecule has 2 aromatic carbocycles. The number of nitrogens with one attached hydrogen (secondary N) is 1. The third-order valence-corrected chi connectivity index (χ3v) is 7.33. The second kappa shape index (κ2) is 8.57. The minimum Gasteiger partial charge on any atom is -0.497 e. The zero-order chi connectivity index (χ0) is 23.0. The van der Waals surface area contributed by atoms with Crippen LogP contribution in [0.4, 0.5) is 5.69 Å². The lowest BCUT2D eigenvalue weighted by Gasteiger charge is -2.34. The van der Waals surface area contributed by atoms with Crippen LogP contribution in [-0.4, -0.2) is 51.0 Å². The molecule has 170 valence electrons. The lowest BCUT2D eigenvalue weighted by atomic mass is 10.1. The number of amides is 1. The molecule has 0 spiro atoms. The van der Waals surface area contributed by atoms with Gasteiger partial charge in [0, 0.05) is 29.7 Å². The number of anilines is 1. The van der Waals surface area contributed by atoms with Crippen LogP contribution >= 0.6 is 0 Å². The van der Waals surface area contributed by atoms with Crippen molar-refractivity contribution in [2.45, 2.75) is 37.9 Å². The fourth-order valence-electron chi connectivity index (χ4n) is 3.92. The number of morpholine rings is 1. The van der Waals surface area contributed by atoms with E-state index in [1.807, 2.05) is 19.9 Å². The first kappa shape index (κ1) is 22.3. The summed E-state index contributed by atoms with van der Waals surface area (Å²) in [6, 6.07) is 11.5. The van der Waals surface area contributed by atoms with Crippen LogP contribution in [0, 0.1) is 6.92 Å². The maximum Gasteiger partial charge on any atom is 0.291 e. The molecule has 1 aliphatic heterocycles. The van der Waals surface area contributed by atoms with Gasteiger partial charge in [-0.3, -0.25) is 4.79 Å². The standard InChI is InChI=1S/C23H26N2O6S/c1-14-12-25(13-15(2)30-14)32(27,28)19-8-5-17(6-9-19)24-23(26)22-16(3)20-11-18(29-4)7-10-21(20)31-22/h5-11,14-15H,12-13H2,1-4H3,(H,24,26)/t14-,15-/m0/s1. The molecule has 0 aliphatic carbocycles. The van der Waals surface area contributed by atoms with E-state index in [4.69, 9.17) is 13.9 Å². The summed E-state index contributed by atoms with van der Waals surface area (Å²) >= 11 is 0. The van der Waals surface area contributed by atoms with Crippen molar-refractivity contribution in [3.63, 3.8) is 0 Å². The number of ether oxygens (including phenoxy) is 2. The Bertz CT molecular complexity index is 1240. The van der Waals surface area contributed by atoms with E-state index < -0.39 is 15.9 Å².